The summed E-state index contributed by atoms with van der Waals surface area (Å²) in [5.74, 6) is 6.58. The number of hydrogen-bond acceptors (Lipinski definition) is 1. The summed E-state index contributed by atoms with van der Waals surface area (Å²) in [6.07, 6.45) is 15.0. The molecule has 0 aliphatic heterocycles. The third-order valence-corrected chi connectivity index (χ3v) is 8.97. The highest BCUT2D eigenvalue weighted by molar-refractivity contribution is 6.74. The zero-order chi connectivity index (χ0) is 18.6. The SMILES string of the molecule is C=CC/C=C\CC(C#C/C=C/C(CC)O[Si](C)(C)C(C)(C)C)C=C. The minimum atomic E-state index is -1.74. The van der Waals surface area contributed by atoms with Crippen LogP contribution in [0, 0.1) is 17.8 Å². The predicted octanol–water partition coefficient (Wildman–Crippen LogP) is 6.67. The molecule has 0 heterocycles. The topological polar surface area (TPSA) is 9.23 Å². The second kappa shape index (κ2) is 11.3. The van der Waals surface area contributed by atoms with Crippen LogP contribution in [-0.2, 0) is 4.43 Å². The number of hydrogen-bond donors (Lipinski definition) is 0. The normalized spacial score (nSPS) is 15.1. The fourth-order valence-corrected chi connectivity index (χ4v) is 3.13. The van der Waals surface area contributed by atoms with E-state index in [1.54, 1.807) is 0 Å². The van der Waals surface area contributed by atoms with Crippen molar-refractivity contribution in [2.75, 3.05) is 0 Å². The Morgan fingerprint density at radius 1 is 1.17 bits per heavy atom. The van der Waals surface area contributed by atoms with Crippen LogP contribution in [0.15, 0.2) is 49.6 Å². The van der Waals surface area contributed by atoms with Gasteiger partial charge in [-0.15, -0.1) is 13.2 Å². The summed E-state index contributed by atoms with van der Waals surface area (Å²) < 4.78 is 6.42. The fraction of sp³-hybridized carbons (Fsp3) is 0.545. The van der Waals surface area contributed by atoms with Gasteiger partial charge in [-0.05, 0) is 49.5 Å². The lowest BCUT2D eigenvalue weighted by Crippen LogP contribution is -2.43. The van der Waals surface area contributed by atoms with Gasteiger partial charge < -0.3 is 4.43 Å². The second-order valence-corrected chi connectivity index (χ2v) is 12.3. The molecule has 0 aromatic heterocycles. The Labute approximate surface area is 151 Å². The molecule has 1 nitrogen and oxygen atoms in total. The molecular weight excluding hydrogens is 308 g/mol. The van der Waals surface area contributed by atoms with Crippen LogP contribution in [0.5, 0.6) is 0 Å². The van der Waals surface area contributed by atoms with E-state index in [0.29, 0.717) is 0 Å². The van der Waals surface area contributed by atoms with Crippen molar-refractivity contribution >= 4 is 8.32 Å². The van der Waals surface area contributed by atoms with Crippen molar-refractivity contribution in [1.82, 2.24) is 0 Å². The average molecular weight is 345 g/mol. The van der Waals surface area contributed by atoms with Crippen LogP contribution < -0.4 is 0 Å². The highest BCUT2D eigenvalue weighted by Crippen LogP contribution is 2.37. The largest absolute Gasteiger partial charge is 0.411 e. The molecule has 0 aliphatic rings. The van der Waals surface area contributed by atoms with E-state index >= 15 is 0 Å². The van der Waals surface area contributed by atoms with Crippen LogP contribution in [0.4, 0.5) is 0 Å². The van der Waals surface area contributed by atoms with E-state index in [1.807, 2.05) is 18.2 Å². The molecule has 0 bridgehead atoms. The fourth-order valence-electron chi connectivity index (χ4n) is 1.77. The summed E-state index contributed by atoms with van der Waals surface area (Å²) in [7, 11) is -1.74. The maximum atomic E-state index is 6.42. The van der Waals surface area contributed by atoms with Gasteiger partial charge in [0.25, 0.3) is 0 Å². The minimum absolute atomic E-state index is 0.148. The van der Waals surface area contributed by atoms with E-state index in [-0.39, 0.29) is 17.1 Å². The third kappa shape index (κ3) is 9.10. The molecule has 0 amide bonds. The summed E-state index contributed by atoms with van der Waals surface area (Å²) in [6.45, 7) is 21.1. The lowest BCUT2D eigenvalue weighted by atomic mass is 10.1. The van der Waals surface area contributed by atoms with Gasteiger partial charge in [0, 0.05) is 5.92 Å². The summed E-state index contributed by atoms with van der Waals surface area (Å²) >= 11 is 0. The Morgan fingerprint density at radius 2 is 1.83 bits per heavy atom. The standard InChI is InChI=1S/C22H36OSi/c1-9-12-13-14-17-20(10-2)18-15-16-19-21(11-3)23-24(7,8)22(4,5)6/h9-10,13-14,16,19-21H,1-2,11-12,17H2,3-8H3/b14-13-,19-16+. The molecule has 0 aromatic rings. The molecule has 2 heteroatoms. The maximum absolute atomic E-state index is 6.42. The number of allylic oxidation sites excluding steroid dienone is 5. The molecule has 0 aromatic carbocycles. The van der Waals surface area contributed by atoms with E-state index in [0.717, 1.165) is 19.3 Å². The first kappa shape index (κ1) is 22.7. The minimum Gasteiger partial charge on any atom is -0.411 e. The zero-order valence-corrected chi connectivity index (χ0v) is 17.6. The summed E-state index contributed by atoms with van der Waals surface area (Å²) in [5.41, 5.74) is 0. The summed E-state index contributed by atoms with van der Waals surface area (Å²) in [4.78, 5) is 0. The van der Waals surface area contributed by atoms with Crippen LogP contribution in [0.1, 0.15) is 47.0 Å². The van der Waals surface area contributed by atoms with Gasteiger partial charge in [-0.1, -0.05) is 63.8 Å². The van der Waals surface area contributed by atoms with Gasteiger partial charge in [-0.2, -0.15) is 0 Å². The first-order valence-corrected chi connectivity index (χ1v) is 11.8. The quantitative estimate of drug-likeness (QED) is 0.258. The van der Waals surface area contributed by atoms with Crippen molar-refractivity contribution in [1.29, 1.82) is 0 Å². The van der Waals surface area contributed by atoms with E-state index < -0.39 is 8.32 Å². The summed E-state index contributed by atoms with van der Waals surface area (Å²) in [5, 5.41) is 0.228. The van der Waals surface area contributed by atoms with E-state index in [4.69, 9.17) is 4.43 Å². The molecule has 24 heavy (non-hydrogen) atoms. The third-order valence-electron chi connectivity index (χ3n) is 4.46. The van der Waals surface area contributed by atoms with Crippen molar-refractivity contribution in [3.63, 3.8) is 0 Å². The molecule has 0 radical (unpaired) electrons. The first-order chi connectivity index (χ1) is 11.2. The van der Waals surface area contributed by atoms with Crippen LogP contribution >= 0.6 is 0 Å². The summed E-state index contributed by atoms with van der Waals surface area (Å²) in [6, 6.07) is 0. The highest BCUT2D eigenvalue weighted by atomic mass is 28.4. The molecule has 0 spiro atoms. The predicted molar refractivity (Wildman–Crippen MR) is 112 cm³/mol. The molecule has 0 aliphatic carbocycles. The van der Waals surface area contributed by atoms with Gasteiger partial charge in [0.1, 0.15) is 0 Å². The zero-order valence-electron chi connectivity index (χ0n) is 16.6. The van der Waals surface area contributed by atoms with Gasteiger partial charge in [-0.25, -0.2) is 0 Å². The molecule has 134 valence electrons. The molecule has 0 N–H and O–H groups in total. The van der Waals surface area contributed by atoms with E-state index in [2.05, 4.69) is 84.0 Å². The molecule has 2 unspecified atom stereocenters. The van der Waals surface area contributed by atoms with Crippen LogP contribution in [-0.4, -0.2) is 14.4 Å². The van der Waals surface area contributed by atoms with Crippen molar-refractivity contribution in [3.05, 3.63) is 49.6 Å². The second-order valence-electron chi connectivity index (χ2n) is 7.55. The van der Waals surface area contributed by atoms with Gasteiger partial charge in [0.15, 0.2) is 8.32 Å². The monoisotopic (exact) mass is 344 g/mol. The molecule has 0 saturated heterocycles. The van der Waals surface area contributed by atoms with Crippen molar-refractivity contribution < 1.29 is 4.43 Å². The Kier molecular flexibility index (Phi) is 10.7. The smallest absolute Gasteiger partial charge is 0.192 e. The average Bonchev–Trinajstić information content (AvgIpc) is 2.50. The Morgan fingerprint density at radius 3 is 2.33 bits per heavy atom. The van der Waals surface area contributed by atoms with Gasteiger partial charge in [0.2, 0.25) is 0 Å². The maximum Gasteiger partial charge on any atom is 0.192 e. The van der Waals surface area contributed by atoms with Crippen molar-refractivity contribution in [2.45, 2.75) is 71.2 Å². The Hall–Kier alpha value is -1.30. The molecule has 0 rings (SSSR count). The van der Waals surface area contributed by atoms with Crippen LogP contribution in [0.2, 0.25) is 18.1 Å². The van der Waals surface area contributed by atoms with Gasteiger partial charge in [-0.3, -0.25) is 0 Å². The highest BCUT2D eigenvalue weighted by Gasteiger charge is 2.38. The molecular formula is C22H36OSi. The Balaban J connectivity index is 4.70. The van der Waals surface area contributed by atoms with Gasteiger partial charge in [0.05, 0.1) is 6.10 Å². The van der Waals surface area contributed by atoms with Gasteiger partial charge >= 0.3 is 0 Å². The van der Waals surface area contributed by atoms with Crippen LogP contribution in [0.3, 0.4) is 0 Å². The van der Waals surface area contributed by atoms with Crippen LogP contribution in [0.25, 0.3) is 0 Å². The molecule has 0 saturated carbocycles. The van der Waals surface area contributed by atoms with E-state index in [9.17, 15) is 0 Å². The lowest BCUT2D eigenvalue weighted by molar-refractivity contribution is 0.221. The Bertz CT molecular complexity index is 494. The lowest BCUT2D eigenvalue weighted by Gasteiger charge is -2.38. The van der Waals surface area contributed by atoms with Crippen molar-refractivity contribution in [2.24, 2.45) is 5.92 Å². The van der Waals surface area contributed by atoms with Crippen molar-refractivity contribution in [3.8, 4) is 11.8 Å². The van der Waals surface area contributed by atoms with E-state index in [1.165, 1.54) is 0 Å². The molecule has 2 atom stereocenters. The number of rotatable bonds is 9. The first-order valence-electron chi connectivity index (χ1n) is 8.92. The molecule has 0 fully saturated rings.